The molecule has 0 fully saturated rings. The van der Waals surface area contributed by atoms with Crippen LogP contribution in [0.5, 0.6) is 0 Å². The Bertz CT molecular complexity index is 939. The van der Waals surface area contributed by atoms with Crippen LogP contribution < -0.4 is 5.32 Å². The predicted molar refractivity (Wildman–Crippen MR) is 90.3 cm³/mol. The molecule has 0 aliphatic carbocycles. The summed E-state index contributed by atoms with van der Waals surface area (Å²) in [6.07, 6.45) is 8.72. The number of carbonyl (C=O) groups excluding carboxylic acids is 2. The van der Waals surface area contributed by atoms with Gasteiger partial charge in [-0.25, -0.2) is 4.98 Å². The first-order valence-corrected chi connectivity index (χ1v) is 7.57. The third-order valence-corrected chi connectivity index (χ3v) is 4.27. The number of hydrogen-bond donors (Lipinski definition) is 2. The Morgan fingerprint density at radius 2 is 2.25 bits per heavy atom. The number of anilines is 1. The summed E-state index contributed by atoms with van der Waals surface area (Å²) in [5.74, 6) is -0.0830. The van der Waals surface area contributed by atoms with Gasteiger partial charge in [0.1, 0.15) is 11.4 Å². The van der Waals surface area contributed by atoms with Crippen LogP contribution in [0.3, 0.4) is 0 Å². The summed E-state index contributed by atoms with van der Waals surface area (Å²) in [4.78, 5) is 37.8. The zero-order valence-electron chi connectivity index (χ0n) is 13.0. The Balaban J connectivity index is 1.65. The van der Waals surface area contributed by atoms with Gasteiger partial charge in [-0.3, -0.25) is 9.59 Å². The molecule has 2 aromatic rings. The molecule has 0 radical (unpaired) electrons. The molecule has 24 heavy (non-hydrogen) atoms. The van der Waals surface area contributed by atoms with Crippen molar-refractivity contribution in [2.75, 3.05) is 5.32 Å². The minimum atomic E-state index is -1.03. The summed E-state index contributed by atoms with van der Waals surface area (Å²) in [5.41, 5.74) is 1.27. The van der Waals surface area contributed by atoms with Crippen LogP contribution in [0.25, 0.3) is 11.0 Å². The first kappa shape index (κ1) is 14.4. The normalized spacial score (nSPS) is 22.5. The second kappa shape index (κ2) is 5.16. The zero-order valence-corrected chi connectivity index (χ0v) is 13.0. The van der Waals surface area contributed by atoms with Crippen molar-refractivity contribution in [3.8, 4) is 0 Å². The highest BCUT2D eigenvalue weighted by molar-refractivity contribution is 6.12. The third kappa shape index (κ3) is 2.21. The van der Waals surface area contributed by atoms with Crippen molar-refractivity contribution < 1.29 is 9.59 Å². The molecule has 4 rings (SSSR count). The first-order chi connectivity index (χ1) is 11.6. The van der Waals surface area contributed by atoms with E-state index in [2.05, 4.69) is 20.3 Å². The van der Waals surface area contributed by atoms with Crippen molar-refractivity contribution in [2.24, 2.45) is 4.99 Å². The zero-order chi connectivity index (χ0) is 16.7. The van der Waals surface area contributed by atoms with E-state index in [9.17, 15) is 9.59 Å². The number of amides is 2. The molecular formula is C17H15N5O2. The van der Waals surface area contributed by atoms with Crippen molar-refractivity contribution in [2.45, 2.75) is 18.9 Å². The highest BCUT2D eigenvalue weighted by Crippen LogP contribution is 2.29. The molecule has 1 aromatic heterocycles. The number of aromatic amines is 1. The second-order valence-corrected chi connectivity index (χ2v) is 5.97. The molecule has 7 nitrogen and oxygen atoms in total. The van der Waals surface area contributed by atoms with Crippen LogP contribution in [-0.2, 0) is 9.59 Å². The molecule has 2 N–H and O–H groups in total. The van der Waals surface area contributed by atoms with Gasteiger partial charge in [0.15, 0.2) is 0 Å². The van der Waals surface area contributed by atoms with Crippen molar-refractivity contribution >= 4 is 34.4 Å². The van der Waals surface area contributed by atoms with E-state index in [0.29, 0.717) is 11.5 Å². The van der Waals surface area contributed by atoms with E-state index in [1.165, 1.54) is 0 Å². The topological polar surface area (TPSA) is 90.4 Å². The Labute approximate surface area is 137 Å². The highest BCUT2D eigenvalue weighted by atomic mass is 16.2. The van der Waals surface area contributed by atoms with E-state index in [1.807, 2.05) is 18.2 Å². The number of allylic oxidation sites excluding steroid dienone is 2. The van der Waals surface area contributed by atoms with Crippen LogP contribution in [0, 0.1) is 0 Å². The number of carbonyl (C=O) groups is 2. The summed E-state index contributed by atoms with van der Waals surface area (Å²) in [6.45, 7) is 1.74. The molecular weight excluding hydrogens is 306 g/mol. The molecule has 0 saturated heterocycles. The van der Waals surface area contributed by atoms with Crippen molar-refractivity contribution in [3.63, 3.8) is 0 Å². The minimum absolute atomic E-state index is 0.0206. The SMILES string of the molecule is CC1(C(=O)Nc2ccc3nc[nH]c3c2)CC(=O)N=C2C=CC=CN21. The number of hydrogen-bond acceptors (Lipinski definition) is 4. The molecule has 1 unspecified atom stereocenters. The van der Waals surface area contributed by atoms with Gasteiger partial charge in [-0.1, -0.05) is 6.08 Å². The van der Waals surface area contributed by atoms with Gasteiger partial charge < -0.3 is 15.2 Å². The molecule has 2 aliphatic heterocycles. The maximum Gasteiger partial charge on any atom is 0.250 e. The van der Waals surface area contributed by atoms with Crippen molar-refractivity contribution in [1.29, 1.82) is 0 Å². The fourth-order valence-corrected chi connectivity index (χ4v) is 2.96. The molecule has 2 amide bonds. The van der Waals surface area contributed by atoms with Crippen LogP contribution in [0.15, 0.2) is 53.9 Å². The Morgan fingerprint density at radius 1 is 1.38 bits per heavy atom. The molecule has 7 heteroatoms. The van der Waals surface area contributed by atoms with E-state index in [1.54, 1.807) is 42.6 Å². The Morgan fingerprint density at radius 3 is 3.12 bits per heavy atom. The number of imidazole rings is 1. The second-order valence-electron chi connectivity index (χ2n) is 5.97. The van der Waals surface area contributed by atoms with Crippen LogP contribution >= 0.6 is 0 Å². The van der Waals surface area contributed by atoms with Crippen LogP contribution in [0.2, 0.25) is 0 Å². The van der Waals surface area contributed by atoms with Gasteiger partial charge in [-0.2, -0.15) is 4.99 Å². The number of aromatic nitrogens is 2. The number of amidine groups is 1. The van der Waals surface area contributed by atoms with Crippen molar-refractivity contribution in [1.82, 2.24) is 14.9 Å². The summed E-state index contributed by atoms with van der Waals surface area (Å²) < 4.78 is 0. The van der Waals surface area contributed by atoms with Crippen LogP contribution in [0.4, 0.5) is 5.69 Å². The average Bonchev–Trinajstić information content (AvgIpc) is 3.02. The fraction of sp³-hybridized carbons (Fsp3) is 0.176. The van der Waals surface area contributed by atoms with Crippen LogP contribution in [0.1, 0.15) is 13.3 Å². The monoisotopic (exact) mass is 321 g/mol. The van der Waals surface area contributed by atoms with E-state index in [4.69, 9.17) is 0 Å². The molecule has 0 saturated carbocycles. The fourth-order valence-electron chi connectivity index (χ4n) is 2.96. The lowest BCUT2D eigenvalue weighted by atomic mass is 9.91. The third-order valence-electron chi connectivity index (χ3n) is 4.27. The molecule has 0 spiro atoms. The molecule has 1 atom stereocenters. The van der Waals surface area contributed by atoms with Crippen LogP contribution in [-0.4, -0.2) is 38.1 Å². The lowest BCUT2D eigenvalue weighted by molar-refractivity contribution is -0.130. The number of aliphatic imine (C=N–C) groups is 1. The standard InChI is InChI=1S/C17H15N5O2/c1-17(9-15(23)21-14-4-2-3-7-22(14)17)16(24)20-11-5-6-12-13(8-11)19-10-18-12/h2-8,10H,9H2,1H3,(H,18,19)(H,20,24). The quantitative estimate of drug-likeness (QED) is 0.885. The summed E-state index contributed by atoms with van der Waals surface area (Å²) in [5, 5.41) is 2.89. The van der Waals surface area contributed by atoms with E-state index < -0.39 is 5.54 Å². The number of H-pyrrole nitrogens is 1. The maximum atomic E-state index is 12.9. The first-order valence-electron chi connectivity index (χ1n) is 7.57. The molecule has 0 bridgehead atoms. The van der Waals surface area contributed by atoms with Gasteiger partial charge in [-0.15, -0.1) is 0 Å². The van der Waals surface area contributed by atoms with Gasteiger partial charge in [0, 0.05) is 11.9 Å². The Kier molecular flexibility index (Phi) is 3.09. The average molecular weight is 321 g/mol. The number of benzene rings is 1. The smallest absolute Gasteiger partial charge is 0.250 e. The number of nitrogens with zero attached hydrogens (tertiary/aromatic N) is 3. The van der Waals surface area contributed by atoms with Gasteiger partial charge in [0.05, 0.1) is 23.8 Å². The summed E-state index contributed by atoms with van der Waals surface area (Å²) in [7, 11) is 0. The lowest BCUT2D eigenvalue weighted by Crippen LogP contribution is -2.58. The lowest BCUT2D eigenvalue weighted by Gasteiger charge is -2.41. The number of nitrogens with one attached hydrogen (secondary N) is 2. The van der Waals surface area contributed by atoms with Gasteiger partial charge >= 0.3 is 0 Å². The predicted octanol–water partition coefficient (Wildman–Crippen LogP) is 1.97. The van der Waals surface area contributed by atoms with E-state index in [0.717, 1.165) is 11.0 Å². The molecule has 3 heterocycles. The number of rotatable bonds is 2. The highest BCUT2D eigenvalue weighted by Gasteiger charge is 2.45. The van der Waals surface area contributed by atoms with E-state index >= 15 is 0 Å². The maximum absolute atomic E-state index is 12.9. The van der Waals surface area contributed by atoms with Gasteiger partial charge in [0.25, 0.3) is 11.8 Å². The van der Waals surface area contributed by atoms with Gasteiger partial charge in [-0.05, 0) is 37.3 Å². The Hall–Kier alpha value is -3.22. The minimum Gasteiger partial charge on any atom is -0.345 e. The van der Waals surface area contributed by atoms with E-state index in [-0.39, 0.29) is 18.2 Å². The molecule has 2 aliphatic rings. The number of fused-ring (bicyclic) bond motifs is 2. The van der Waals surface area contributed by atoms with Gasteiger partial charge in [0.2, 0.25) is 0 Å². The molecule has 1 aromatic carbocycles. The summed E-state index contributed by atoms with van der Waals surface area (Å²) >= 11 is 0. The molecule has 120 valence electrons. The summed E-state index contributed by atoms with van der Waals surface area (Å²) in [6, 6.07) is 5.43. The largest absolute Gasteiger partial charge is 0.345 e. The van der Waals surface area contributed by atoms with Crippen molar-refractivity contribution in [3.05, 3.63) is 49.0 Å².